The van der Waals surface area contributed by atoms with Crippen molar-refractivity contribution in [3.05, 3.63) is 35.6 Å². The summed E-state index contributed by atoms with van der Waals surface area (Å²) in [5.74, 6) is -0.502. The Hall–Kier alpha value is -1.46. The van der Waals surface area contributed by atoms with Crippen LogP contribution < -0.4 is 5.32 Å². The third-order valence-corrected chi connectivity index (χ3v) is 3.33. The molecule has 1 saturated heterocycles. The molecule has 4 nitrogen and oxygen atoms in total. The van der Waals surface area contributed by atoms with Gasteiger partial charge in [0.05, 0.1) is 13.2 Å². The van der Waals surface area contributed by atoms with E-state index in [-0.39, 0.29) is 17.8 Å². The Bertz CT molecular complexity index is 416. The smallest absolute Gasteiger partial charge is 0.251 e. The van der Waals surface area contributed by atoms with E-state index in [2.05, 4.69) is 17.1 Å². The summed E-state index contributed by atoms with van der Waals surface area (Å²) >= 11 is 0. The van der Waals surface area contributed by atoms with Crippen LogP contribution in [0.4, 0.5) is 4.39 Å². The van der Waals surface area contributed by atoms with Crippen molar-refractivity contribution in [1.29, 1.82) is 0 Å². The van der Waals surface area contributed by atoms with Gasteiger partial charge in [0, 0.05) is 31.2 Å². The van der Waals surface area contributed by atoms with Gasteiger partial charge in [0.1, 0.15) is 5.82 Å². The zero-order valence-electron chi connectivity index (χ0n) is 11.1. The highest BCUT2D eigenvalue weighted by Crippen LogP contribution is 2.05. The van der Waals surface area contributed by atoms with Crippen LogP contribution in [-0.4, -0.2) is 49.7 Å². The molecule has 104 valence electrons. The molecular weight excluding hydrogens is 247 g/mol. The van der Waals surface area contributed by atoms with E-state index in [9.17, 15) is 9.18 Å². The van der Waals surface area contributed by atoms with E-state index in [1.54, 1.807) is 0 Å². The minimum atomic E-state index is -0.335. The number of carbonyl (C=O) groups is 1. The van der Waals surface area contributed by atoms with Crippen LogP contribution in [0.1, 0.15) is 17.3 Å². The molecule has 1 heterocycles. The topological polar surface area (TPSA) is 41.6 Å². The summed E-state index contributed by atoms with van der Waals surface area (Å²) in [6.07, 6.45) is 0. The van der Waals surface area contributed by atoms with Crippen molar-refractivity contribution in [3.63, 3.8) is 0 Å². The zero-order chi connectivity index (χ0) is 13.7. The normalized spacial score (nSPS) is 18.0. The van der Waals surface area contributed by atoms with E-state index >= 15 is 0 Å². The first-order chi connectivity index (χ1) is 9.16. The van der Waals surface area contributed by atoms with Crippen molar-refractivity contribution < 1.29 is 13.9 Å². The van der Waals surface area contributed by atoms with Gasteiger partial charge in [0.25, 0.3) is 5.91 Å². The van der Waals surface area contributed by atoms with Gasteiger partial charge in [0.2, 0.25) is 0 Å². The van der Waals surface area contributed by atoms with Crippen LogP contribution in [0, 0.1) is 5.82 Å². The summed E-state index contributed by atoms with van der Waals surface area (Å²) < 4.78 is 18.0. The summed E-state index contributed by atoms with van der Waals surface area (Å²) in [7, 11) is 0. The molecule has 0 aromatic heterocycles. The van der Waals surface area contributed by atoms with Crippen molar-refractivity contribution in [2.24, 2.45) is 0 Å². The molecule has 1 N–H and O–H groups in total. The van der Waals surface area contributed by atoms with Crippen molar-refractivity contribution >= 4 is 5.91 Å². The molecule has 1 aliphatic heterocycles. The molecule has 0 aliphatic carbocycles. The van der Waals surface area contributed by atoms with E-state index in [4.69, 9.17) is 4.74 Å². The quantitative estimate of drug-likeness (QED) is 0.892. The van der Waals surface area contributed by atoms with Crippen molar-refractivity contribution in [3.8, 4) is 0 Å². The first kappa shape index (κ1) is 14.0. The molecular formula is C14H19FN2O2. The van der Waals surface area contributed by atoms with Crippen molar-refractivity contribution in [2.75, 3.05) is 32.8 Å². The standard InChI is InChI=1S/C14H19FN2O2/c1-11(17-6-8-19-9-7-17)10-16-14(18)12-2-4-13(15)5-3-12/h2-5,11H,6-10H2,1H3,(H,16,18). The number of ether oxygens (including phenoxy) is 1. The third-order valence-electron chi connectivity index (χ3n) is 3.33. The summed E-state index contributed by atoms with van der Waals surface area (Å²) in [6.45, 7) is 5.94. The molecule has 2 rings (SSSR count). The highest BCUT2D eigenvalue weighted by atomic mass is 19.1. The van der Waals surface area contributed by atoms with Gasteiger partial charge in [-0.25, -0.2) is 4.39 Å². The molecule has 1 fully saturated rings. The van der Waals surface area contributed by atoms with Gasteiger partial charge in [-0.15, -0.1) is 0 Å². The molecule has 1 aromatic carbocycles. The third kappa shape index (κ3) is 4.01. The lowest BCUT2D eigenvalue weighted by Gasteiger charge is -2.32. The molecule has 0 spiro atoms. The SMILES string of the molecule is CC(CNC(=O)c1ccc(F)cc1)N1CCOCC1. The number of rotatable bonds is 4. The van der Waals surface area contributed by atoms with Gasteiger partial charge >= 0.3 is 0 Å². The Labute approximate surface area is 112 Å². The van der Waals surface area contributed by atoms with Crippen LogP contribution in [0.15, 0.2) is 24.3 Å². The van der Waals surface area contributed by atoms with Crippen LogP contribution in [-0.2, 0) is 4.74 Å². The second-order valence-electron chi connectivity index (χ2n) is 4.71. The van der Waals surface area contributed by atoms with Gasteiger partial charge in [-0.3, -0.25) is 9.69 Å². The van der Waals surface area contributed by atoms with Crippen LogP contribution in [0.2, 0.25) is 0 Å². The Morgan fingerprint density at radius 1 is 1.37 bits per heavy atom. The number of nitrogens with zero attached hydrogens (tertiary/aromatic N) is 1. The lowest BCUT2D eigenvalue weighted by molar-refractivity contribution is 0.0204. The minimum Gasteiger partial charge on any atom is -0.379 e. The van der Waals surface area contributed by atoms with Crippen LogP contribution in [0.3, 0.4) is 0 Å². The van der Waals surface area contributed by atoms with Crippen LogP contribution in [0.25, 0.3) is 0 Å². The molecule has 0 bridgehead atoms. The van der Waals surface area contributed by atoms with E-state index < -0.39 is 0 Å². The first-order valence-electron chi connectivity index (χ1n) is 6.52. The van der Waals surface area contributed by atoms with E-state index in [1.807, 2.05) is 0 Å². The second kappa shape index (κ2) is 6.63. The maximum Gasteiger partial charge on any atom is 0.251 e. The number of halogens is 1. The first-order valence-corrected chi connectivity index (χ1v) is 6.52. The lowest BCUT2D eigenvalue weighted by atomic mass is 10.2. The Kier molecular flexibility index (Phi) is 4.87. The number of benzene rings is 1. The average molecular weight is 266 g/mol. The summed E-state index contributed by atoms with van der Waals surface area (Å²) in [4.78, 5) is 14.2. The zero-order valence-corrected chi connectivity index (χ0v) is 11.1. The number of nitrogens with one attached hydrogen (secondary N) is 1. The van der Waals surface area contributed by atoms with Gasteiger partial charge in [0.15, 0.2) is 0 Å². The summed E-state index contributed by atoms with van der Waals surface area (Å²) in [5.41, 5.74) is 0.482. The predicted molar refractivity (Wildman–Crippen MR) is 70.6 cm³/mol. The maximum atomic E-state index is 12.8. The molecule has 19 heavy (non-hydrogen) atoms. The van der Waals surface area contributed by atoms with Gasteiger partial charge in [-0.05, 0) is 31.2 Å². The fourth-order valence-corrected chi connectivity index (χ4v) is 2.09. The Morgan fingerprint density at radius 3 is 2.63 bits per heavy atom. The largest absolute Gasteiger partial charge is 0.379 e. The van der Waals surface area contributed by atoms with Gasteiger partial charge in [-0.1, -0.05) is 0 Å². The number of hydrogen-bond donors (Lipinski definition) is 1. The summed E-state index contributed by atoms with van der Waals surface area (Å²) in [5, 5.41) is 2.87. The van der Waals surface area contributed by atoms with E-state index in [0.717, 1.165) is 26.3 Å². The Morgan fingerprint density at radius 2 is 2.00 bits per heavy atom. The molecule has 0 saturated carbocycles. The van der Waals surface area contributed by atoms with E-state index in [1.165, 1.54) is 24.3 Å². The van der Waals surface area contributed by atoms with Gasteiger partial charge < -0.3 is 10.1 Å². The number of hydrogen-bond acceptors (Lipinski definition) is 3. The highest BCUT2D eigenvalue weighted by Gasteiger charge is 2.17. The molecule has 5 heteroatoms. The van der Waals surface area contributed by atoms with E-state index in [0.29, 0.717) is 12.1 Å². The molecule has 0 radical (unpaired) electrons. The van der Waals surface area contributed by atoms with Crippen molar-refractivity contribution in [1.82, 2.24) is 10.2 Å². The number of carbonyl (C=O) groups excluding carboxylic acids is 1. The van der Waals surface area contributed by atoms with Gasteiger partial charge in [-0.2, -0.15) is 0 Å². The van der Waals surface area contributed by atoms with Crippen LogP contribution >= 0.6 is 0 Å². The van der Waals surface area contributed by atoms with Crippen LogP contribution in [0.5, 0.6) is 0 Å². The maximum absolute atomic E-state index is 12.8. The highest BCUT2D eigenvalue weighted by molar-refractivity contribution is 5.94. The second-order valence-corrected chi connectivity index (χ2v) is 4.71. The fourth-order valence-electron chi connectivity index (χ4n) is 2.09. The van der Waals surface area contributed by atoms with Crippen molar-refractivity contribution in [2.45, 2.75) is 13.0 Å². The molecule has 1 atom stereocenters. The lowest BCUT2D eigenvalue weighted by Crippen LogP contribution is -2.47. The summed E-state index contributed by atoms with van der Waals surface area (Å²) in [6, 6.07) is 5.84. The molecule has 1 aliphatic rings. The molecule has 1 aromatic rings. The predicted octanol–water partition coefficient (Wildman–Crippen LogP) is 1.28. The Balaban J connectivity index is 1.81. The fraction of sp³-hybridized carbons (Fsp3) is 0.500. The number of morpholine rings is 1. The monoisotopic (exact) mass is 266 g/mol. The average Bonchev–Trinajstić information content (AvgIpc) is 2.46. The minimum absolute atomic E-state index is 0.167. The molecule has 1 amide bonds. The molecule has 1 unspecified atom stereocenters. The number of amides is 1.